The molecule has 3 nitrogen and oxygen atoms in total. The largest absolute Gasteiger partial charge is 0.416 e. The summed E-state index contributed by atoms with van der Waals surface area (Å²) >= 11 is 6.02. The van der Waals surface area contributed by atoms with Gasteiger partial charge in [-0.1, -0.05) is 29.8 Å². The summed E-state index contributed by atoms with van der Waals surface area (Å²) in [5, 5.41) is 4.47. The molecule has 0 amide bonds. The third kappa shape index (κ3) is 2.57. The molecule has 118 valence electrons. The van der Waals surface area contributed by atoms with Gasteiger partial charge in [-0.25, -0.2) is 9.50 Å². The maximum absolute atomic E-state index is 12.9. The highest BCUT2D eigenvalue weighted by molar-refractivity contribution is 6.29. The number of benzene rings is 1. The van der Waals surface area contributed by atoms with Gasteiger partial charge in [0, 0.05) is 18.0 Å². The van der Waals surface area contributed by atoms with Gasteiger partial charge in [0.2, 0.25) is 0 Å². The van der Waals surface area contributed by atoms with Crippen LogP contribution in [0.4, 0.5) is 13.2 Å². The SMILES string of the molecule is FC(F)(F)c1cccc(C2C[C@@H]2c2cc(Cl)nn3ccnc23)c1. The average Bonchev–Trinajstić information content (AvgIpc) is 3.16. The Hall–Kier alpha value is -2.08. The van der Waals surface area contributed by atoms with Crippen LogP contribution < -0.4 is 0 Å². The number of halogens is 4. The van der Waals surface area contributed by atoms with Crippen molar-refractivity contribution in [3.05, 3.63) is 64.6 Å². The van der Waals surface area contributed by atoms with E-state index in [1.807, 2.05) is 0 Å². The van der Waals surface area contributed by atoms with E-state index in [9.17, 15) is 13.2 Å². The van der Waals surface area contributed by atoms with Crippen LogP contribution in [-0.4, -0.2) is 14.6 Å². The predicted molar refractivity (Wildman–Crippen MR) is 79.5 cm³/mol. The van der Waals surface area contributed by atoms with Crippen molar-refractivity contribution in [1.29, 1.82) is 0 Å². The molecule has 3 aromatic rings. The fourth-order valence-electron chi connectivity index (χ4n) is 3.03. The van der Waals surface area contributed by atoms with E-state index in [0.29, 0.717) is 16.4 Å². The Morgan fingerprint density at radius 3 is 2.78 bits per heavy atom. The smallest absolute Gasteiger partial charge is 0.235 e. The molecule has 1 fully saturated rings. The molecule has 1 unspecified atom stereocenters. The molecule has 23 heavy (non-hydrogen) atoms. The summed E-state index contributed by atoms with van der Waals surface area (Å²) in [4.78, 5) is 4.27. The van der Waals surface area contributed by atoms with Crippen LogP contribution >= 0.6 is 11.6 Å². The second-order valence-corrected chi connectivity index (χ2v) is 6.08. The van der Waals surface area contributed by atoms with Crippen LogP contribution in [0.5, 0.6) is 0 Å². The van der Waals surface area contributed by atoms with Gasteiger partial charge in [-0.2, -0.15) is 18.3 Å². The third-order valence-corrected chi connectivity index (χ3v) is 4.37. The fourth-order valence-corrected chi connectivity index (χ4v) is 3.23. The molecular formula is C16H11ClF3N3. The van der Waals surface area contributed by atoms with Gasteiger partial charge in [-0.15, -0.1) is 0 Å². The highest BCUT2D eigenvalue weighted by atomic mass is 35.5. The Morgan fingerprint density at radius 2 is 2.00 bits per heavy atom. The number of imidazole rings is 1. The standard InChI is InChI=1S/C16H11ClF3N3/c17-14-8-13(15-21-4-5-23(15)22-14)12-7-11(12)9-2-1-3-10(6-9)16(18,19)20/h1-6,8,11-12H,7H2/t11?,12-/m0/s1. The molecule has 2 aromatic heterocycles. The van der Waals surface area contributed by atoms with E-state index < -0.39 is 11.7 Å². The molecule has 7 heteroatoms. The van der Waals surface area contributed by atoms with E-state index in [1.54, 1.807) is 29.0 Å². The van der Waals surface area contributed by atoms with Gasteiger partial charge in [0.1, 0.15) is 5.15 Å². The summed E-state index contributed by atoms with van der Waals surface area (Å²) in [5.41, 5.74) is 1.72. The lowest BCUT2D eigenvalue weighted by Gasteiger charge is -2.09. The van der Waals surface area contributed by atoms with E-state index >= 15 is 0 Å². The van der Waals surface area contributed by atoms with E-state index in [2.05, 4.69) is 10.1 Å². The van der Waals surface area contributed by atoms with Gasteiger partial charge in [0.15, 0.2) is 5.65 Å². The molecule has 1 aliphatic carbocycles. The minimum atomic E-state index is -4.32. The van der Waals surface area contributed by atoms with Crippen molar-refractivity contribution in [2.24, 2.45) is 0 Å². The molecule has 2 atom stereocenters. The van der Waals surface area contributed by atoms with Crippen molar-refractivity contribution >= 4 is 17.2 Å². The Balaban J connectivity index is 1.69. The first-order valence-electron chi connectivity index (χ1n) is 7.10. The summed E-state index contributed by atoms with van der Waals surface area (Å²) in [6.45, 7) is 0. The number of hydrogen-bond acceptors (Lipinski definition) is 2. The van der Waals surface area contributed by atoms with Crippen molar-refractivity contribution in [2.45, 2.75) is 24.4 Å². The van der Waals surface area contributed by atoms with Crippen LogP contribution in [-0.2, 0) is 6.18 Å². The van der Waals surface area contributed by atoms with Gasteiger partial charge in [-0.3, -0.25) is 0 Å². The average molecular weight is 338 g/mol. The van der Waals surface area contributed by atoms with Gasteiger partial charge in [0.05, 0.1) is 5.56 Å². The Labute approximate surface area is 134 Å². The highest BCUT2D eigenvalue weighted by Gasteiger charge is 2.42. The highest BCUT2D eigenvalue weighted by Crippen LogP contribution is 2.56. The second-order valence-electron chi connectivity index (χ2n) is 5.69. The first kappa shape index (κ1) is 14.5. The topological polar surface area (TPSA) is 30.2 Å². The summed E-state index contributed by atoms with van der Waals surface area (Å²) in [7, 11) is 0. The molecule has 0 aliphatic heterocycles. The lowest BCUT2D eigenvalue weighted by atomic mass is 10.0. The lowest BCUT2D eigenvalue weighted by molar-refractivity contribution is -0.137. The summed E-state index contributed by atoms with van der Waals surface area (Å²) < 4.78 is 40.2. The normalized spacial score (nSPS) is 20.9. The summed E-state index contributed by atoms with van der Waals surface area (Å²) in [6.07, 6.45) is -0.211. The zero-order valence-corrected chi connectivity index (χ0v) is 12.5. The van der Waals surface area contributed by atoms with Gasteiger partial charge in [0.25, 0.3) is 0 Å². The number of aromatic nitrogens is 3. The van der Waals surface area contributed by atoms with Crippen molar-refractivity contribution < 1.29 is 13.2 Å². The lowest BCUT2D eigenvalue weighted by Crippen LogP contribution is -2.05. The Morgan fingerprint density at radius 1 is 1.17 bits per heavy atom. The zero-order chi connectivity index (χ0) is 16.2. The maximum Gasteiger partial charge on any atom is 0.416 e. The minimum Gasteiger partial charge on any atom is -0.235 e. The zero-order valence-electron chi connectivity index (χ0n) is 11.8. The fraction of sp³-hybridized carbons (Fsp3) is 0.250. The second kappa shape index (κ2) is 4.96. The molecular weight excluding hydrogens is 327 g/mol. The molecule has 4 rings (SSSR count). The summed E-state index contributed by atoms with van der Waals surface area (Å²) in [5.74, 6) is 0.167. The van der Waals surface area contributed by atoms with E-state index in [1.165, 1.54) is 12.1 Å². The number of alkyl halides is 3. The van der Waals surface area contributed by atoms with Crippen LogP contribution in [0, 0.1) is 0 Å². The summed E-state index contributed by atoms with van der Waals surface area (Å²) in [6, 6.07) is 7.28. The quantitative estimate of drug-likeness (QED) is 0.680. The van der Waals surface area contributed by atoms with Gasteiger partial charge in [-0.05, 0) is 36.0 Å². The number of hydrogen-bond donors (Lipinski definition) is 0. The monoisotopic (exact) mass is 337 g/mol. The first-order valence-corrected chi connectivity index (χ1v) is 7.48. The molecule has 0 N–H and O–H groups in total. The number of nitrogens with zero attached hydrogens (tertiary/aromatic N) is 3. The van der Waals surface area contributed by atoms with Gasteiger partial charge < -0.3 is 0 Å². The van der Waals surface area contributed by atoms with E-state index in [0.717, 1.165) is 18.1 Å². The van der Waals surface area contributed by atoms with Crippen molar-refractivity contribution in [3.63, 3.8) is 0 Å². The molecule has 0 bridgehead atoms. The predicted octanol–water partition coefficient (Wildman–Crippen LogP) is 4.67. The maximum atomic E-state index is 12.9. The Kier molecular flexibility index (Phi) is 3.13. The molecule has 1 aliphatic rings. The van der Waals surface area contributed by atoms with Crippen LogP contribution in [0.2, 0.25) is 5.15 Å². The molecule has 0 spiro atoms. The molecule has 2 heterocycles. The number of fused-ring (bicyclic) bond motifs is 1. The van der Waals surface area contributed by atoms with E-state index in [4.69, 9.17) is 11.6 Å². The number of rotatable bonds is 2. The third-order valence-electron chi connectivity index (χ3n) is 4.19. The first-order chi connectivity index (χ1) is 10.9. The van der Waals surface area contributed by atoms with Crippen LogP contribution in [0.15, 0.2) is 42.7 Å². The molecule has 0 radical (unpaired) electrons. The molecule has 1 saturated carbocycles. The minimum absolute atomic E-state index is 0.0521. The Bertz CT molecular complexity index is 888. The van der Waals surface area contributed by atoms with Gasteiger partial charge >= 0.3 is 6.18 Å². The van der Waals surface area contributed by atoms with E-state index in [-0.39, 0.29) is 11.8 Å². The van der Waals surface area contributed by atoms with Crippen LogP contribution in [0.1, 0.15) is 34.9 Å². The molecule has 1 aromatic carbocycles. The van der Waals surface area contributed by atoms with Crippen LogP contribution in [0.3, 0.4) is 0 Å². The van der Waals surface area contributed by atoms with Crippen LogP contribution in [0.25, 0.3) is 5.65 Å². The van der Waals surface area contributed by atoms with Crippen molar-refractivity contribution in [3.8, 4) is 0 Å². The molecule has 0 saturated heterocycles. The van der Waals surface area contributed by atoms with Crippen molar-refractivity contribution in [1.82, 2.24) is 14.6 Å². The van der Waals surface area contributed by atoms with Crippen molar-refractivity contribution in [2.75, 3.05) is 0 Å².